The third-order valence-corrected chi connectivity index (χ3v) is 6.64. The highest BCUT2D eigenvalue weighted by Crippen LogP contribution is 2.57. The summed E-state index contributed by atoms with van der Waals surface area (Å²) in [6.45, 7) is 3.83. The highest BCUT2D eigenvalue weighted by atomic mass is 35.5. The second kappa shape index (κ2) is 10.7. The van der Waals surface area contributed by atoms with Gasteiger partial charge in [-0.3, -0.25) is 4.52 Å². The van der Waals surface area contributed by atoms with Gasteiger partial charge in [0.15, 0.2) is 12.2 Å². The van der Waals surface area contributed by atoms with Gasteiger partial charge in [0.25, 0.3) is 0 Å². The Balaban J connectivity index is 0.00000364. The van der Waals surface area contributed by atoms with Crippen molar-refractivity contribution in [1.82, 2.24) is 9.97 Å². The molecule has 160 valence electrons. The van der Waals surface area contributed by atoms with Crippen molar-refractivity contribution in [2.24, 2.45) is 0 Å². The molecule has 7 N–H and O–H groups in total. The summed E-state index contributed by atoms with van der Waals surface area (Å²) in [6, 6.07) is 0. The van der Waals surface area contributed by atoms with Crippen molar-refractivity contribution < 1.29 is 55.1 Å². The van der Waals surface area contributed by atoms with E-state index in [0.29, 0.717) is 18.2 Å². The van der Waals surface area contributed by atoms with Gasteiger partial charge in [0.05, 0.1) is 17.0 Å². The molecular weight excluding hydrogens is 458 g/mol. The molecule has 0 aliphatic rings. The molecule has 0 aromatic carbocycles. The average Bonchev–Trinajstić information content (AvgIpc) is 2.80. The second-order valence-corrected chi connectivity index (χ2v) is 9.08. The lowest BCUT2D eigenvalue weighted by Crippen LogP contribution is -3.00. The maximum atomic E-state index is 11.4. The molecule has 2 rings (SSSR count). The van der Waals surface area contributed by atoms with Gasteiger partial charge in [0.1, 0.15) is 11.6 Å². The molecule has 1 atom stereocenters. The van der Waals surface area contributed by atoms with E-state index in [1.165, 1.54) is 11.3 Å². The quantitative estimate of drug-likeness (QED) is 0.224. The predicted molar refractivity (Wildman–Crippen MR) is 95.8 cm³/mol. The number of aryl methyl sites for hydroxylation is 1. The van der Waals surface area contributed by atoms with Crippen molar-refractivity contribution in [3.63, 3.8) is 0 Å². The number of halogens is 1. The van der Waals surface area contributed by atoms with Crippen molar-refractivity contribution in [3.8, 4) is 0 Å². The molecule has 2 aromatic heterocycles. The summed E-state index contributed by atoms with van der Waals surface area (Å²) < 4.78 is 32.2. The van der Waals surface area contributed by atoms with Crippen LogP contribution in [0.15, 0.2) is 11.7 Å². The van der Waals surface area contributed by atoms with E-state index in [1.54, 1.807) is 13.1 Å². The summed E-state index contributed by atoms with van der Waals surface area (Å²) in [4.78, 5) is 35.4. The standard InChI is InChI=1S/C12H18N4O7P2S.ClH.H2O/c1-8-11(3-4-22-25(20,21)23-24(17,18)19)26-7-16(8)6-10-5-14-9(2)15-12(10)13;;/h5,7H,3-4,6H2,1-2H3,(H4-,13,14,15,17,18,19,20,21);1H;1H2. The largest absolute Gasteiger partial charge is 1.00 e. The molecule has 28 heavy (non-hydrogen) atoms. The molecule has 16 heteroatoms. The van der Waals surface area contributed by atoms with E-state index in [0.717, 1.165) is 16.1 Å². The van der Waals surface area contributed by atoms with E-state index in [4.69, 9.17) is 15.5 Å². The van der Waals surface area contributed by atoms with E-state index in [-0.39, 0.29) is 30.9 Å². The Morgan fingerprint density at radius 2 is 1.93 bits per heavy atom. The summed E-state index contributed by atoms with van der Waals surface area (Å²) >= 11 is 1.40. The number of nitrogens with zero attached hydrogens (tertiary/aromatic N) is 3. The van der Waals surface area contributed by atoms with Gasteiger partial charge in [-0.25, -0.2) is 19.1 Å². The summed E-state index contributed by atoms with van der Waals surface area (Å²) in [7, 11) is -9.94. The molecule has 0 aliphatic heterocycles. The van der Waals surface area contributed by atoms with Gasteiger partial charge in [-0.2, -0.15) is 8.88 Å². The number of rotatable bonds is 8. The number of hydrogen-bond acceptors (Lipinski definition) is 8. The van der Waals surface area contributed by atoms with Crippen LogP contribution in [0.5, 0.6) is 0 Å². The monoisotopic (exact) mass is 478 g/mol. The minimum Gasteiger partial charge on any atom is -1.00 e. The zero-order chi connectivity index (χ0) is 19.5. The van der Waals surface area contributed by atoms with Crippen LogP contribution >= 0.6 is 27.0 Å². The lowest BCUT2D eigenvalue weighted by atomic mass is 10.2. The zero-order valence-electron chi connectivity index (χ0n) is 14.9. The molecule has 2 aromatic rings. The highest BCUT2D eigenvalue weighted by Gasteiger charge is 2.32. The fraction of sp³-hybridized carbons (Fsp3) is 0.417. The highest BCUT2D eigenvalue weighted by molar-refractivity contribution is 7.60. The van der Waals surface area contributed by atoms with Crippen molar-refractivity contribution in [1.29, 1.82) is 0 Å². The van der Waals surface area contributed by atoms with Crippen LogP contribution in [0.25, 0.3) is 0 Å². The topological polar surface area (TPSA) is 200 Å². The minimum absolute atomic E-state index is 0. The minimum atomic E-state index is -5.12. The molecule has 0 bridgehead atoms. The van der Waals surface area contributed by atoms with Gasteiger partial charge >= 0.3 is 15.6 Å². The van der Waals surface area contributed by atoms with Crippen molar-refractivity contribution in [2.45, 2.75) is 26.8 Å². The first kappa shape index (κ1) is 27.0. The predicted octanol–water partition coefficient (Wildman–Crippen LogP) is -2.98. The van der Waals surface area contributed by atoms with Crippen LogP contribution in [0.2, 0.25) is 0 Å². The Morgan fingerprint density at radius 3 is 2.50 bits per heavy atom. The lowest BCUT2D eigenvalue weighted by molar-refractivity contribution is -0.689. The number of thiazole rings is 1. The molecule has 0 saturated carbocycles. The third kappa shape index (κ3) is 8.18. The van der Waals surface area contributed by atoms with Gasteiger partial charge in [-0.05, 0) is 6.92 Å². The molecule has 1 unspecified atom stereocenters. The van der Waals surface area contributed by atoms with Gasteiger partial charge < -0.3 is 38.3 Å². The molecule has 0 spiro atoms. The molecule has 12 nitrogen and oxygen atoms in total. The van der Waals surface area contributed by atoms with E-state index in [2.05, 4.69) is 18.8 Å². The molecule has 2 heterocycles. The Hall–Kier alpha value is -0.980. The molecule has 0 radical (unpaired) electrons. The fourth-order valence-electron chi connectivity index (χ4n) is 2.08. The summed E-state index contributed by atoms with van der Waals surface area (Å²) in [5.41, 5.74) is 9.40. The number of phosphoric ester groups is 1. The number of anilines is 1. The summed E-state index contributed by atoms with van der Waals surface area (Å²) in [5.74, 6) is 0.985. The molecule has 0 fully saturated rings. The Bertz CT molecular complexity index is 893. The van der Waals surface area contributed by atoms with Crippen molar-refractivity contribution >= 4 is 32.8 Å². The normalized spacial score (nSPS) is 13.3. The molecule has 0 aliphatic carbocycles. The number of aromatic nitrogens is 3. The second-order valence-electron chi connectivity index (χ2n) is 5.31. The Kier molecular flexibility index (Phi) is 10.3. The first-order valence-electron chi connectivity index (χ1n) is 7.25. The van der Waals surface area contributed by atoms with Crippen LogP contribution in [0.3, 0.4) is 0 Å². The molecular formula is C12H21ClN4O8P2S. The van der Waals surface area contributed by atoms with Crippen molar-refractivity contribution in [3.05, 3.63) is 33.7 Å². The van der Waals surface area contributed by atoms with Crippen LogP contribution in [-0.2, 0) is 30.9 Å². The van der Waals surface area contributed by atoms with Gasteiger partial charge in [0, 0.05) is 19.5 Å². The number of hydrogen-bond donors (Lipinski definition) is 4. The van der Waals surface area contributed by atoms with E-state index < -0.39 is 15.6 Å². The Labute approximate surface area is 171 Å². The fourth-order valence-corrected chi connectivity index (χ4v) is 4.64. The van der Waals surface area contributed by atoms with E-state index >= 15 is 0 Å². The van der Waals surface area contributed by atoms with Crippen molar-refractivity contribution in [2.75, 3.05) is 12.3 Å². The maximum absolute atomic E-state index is 11.4. The summed E-state index contributed by atoms with van der Waals surface area (Å²) in [6.07, 6.45) is 1.92. The van der Waals surface area contributed by atoms with Gasteiger partial charge in [0.2, 0.25) is 5.51 Å². The van der Waals surface area contributed by atoms with Gasteiger partial charge in [-0.1, -0.05) is 11.3 Å². The van der Waals surface area contributed by atoms with Crippen LogP contribution in [0, 0.1) is 13.8 Å². The molecule has 0 saturated heterocycles. The maximum Gasteiger partial charge on any atom is 0.481 e. The summed E-state index contributed by atoms with van der Waals surface area (Å²) in [5, 5.41) is 0. The van der Waals surface area contributed by atoms with Crippen LogP contribution in [0.1, 0.15) is 22.0 Å². The van der Waals surface area contributed by atoms with Crippen LogP contribution in [0.4, 0.5) is 5.82 Å². The number of phosphoric acid groups is 2. The first-order valence-corrected chi connectivity index (χ1v) is 11.2. The molecule has 0 amide bonds. The zero-order valence-corrected chi connectivity index (χ0v) is 18.2. The number of nitrogen functional groups attached to an aromatic ring is 1. The van der Waals surface area contributed by atoms with E-state index in [9.17, 15) is 14.0 Å². The average molecular weight is 479 g/mol. The van der Waals surface area contributed by atoms with Gasteiger partial charge in [-0.15, -0.1) is 0 Å². The van der Waals surface area contributed by atoms with Crippen LogP contribution in [-0.4, -0.2) is 36.7 Å². The third-order valence-electron chi connectivity index (χ3n) is 3.31. The number of nitrogens with two attached hydrogens (primary N) is 1. The Morgan fingerprint density at radius 1 is 1.29 bits per heavy atom. The lowest BCUT2D eigenvalue weighted by Gasteiger charge is -2.11. The van der Waals surface area contributed by atoms with E-state index in [1.807, 2.05) is 17.0 Å². The SMILES string of the molecule is Cc1ncc(C[n+]2csc(CCOP(=O)(O)OP(=O)(O)O)c2C)c(N)n1.O.[Cl-]. The van der Waals surface area contributed by atoms with Crippen LogP contribution < -0.4 is 22.7 Å². The first-order chi connectivity index (χ1) is 12.0. The smallest absolute Gasteiger partial charge is 0.481 e.